The predicted octanol–water partition coefficient (Wildman–Crippen LogP) is 3.20. The molecule has 2 rings (SSSR count). The van der Waals surface area contributed by atoms with Crippen LogP contribution in [-0.2, 0) is 0 Å². The predicted molar refractivity (Wildman–Crippen MR) is 83.9 cm³/mol. The van der Waals surface area contributed by atoms with Crippen LogP contribution >= 0.6 is 23.2 Å². The van der Waals surface area contributed by atoms with Gasteiger partial charge in [0.1, 0.15) is 0 Å². The lowest BCUT2D eigenvalue weighted by atomic mass is 10.1. The number of carbonyl (C=O) groups excluding carboxylic acids is 1. The Kier molecular flexibility index (Phi) is 5.44. The molecule has 5 heteroatoms. The number of piperazine rings is 1. The van der Waals surface area contributed by atoms with E-state index in [2.05, 4.69) is 23.6 Å². The lowest BCUT2D eigenvalue weighted by Crippen LogP contribution is -2.50. The first-order valence-corrected chi connectivity index (χ1v) is 7.67. The van der Waals surface area contributed by atoms with E-state index in [1.165, 1.54) is 0 Å². The van der Waals surface area contributed by atoms with Crippen molar-refractivity contribution in [3.05, 3.63) is 33.8 Å². The van der Waals surface area contributed by atoms with Crippen molar-refractivity contribution in [1.29, 1.82) is 0 Å². The number of benzene rings is 1. The summed E-state index contributed by atoms with van der Waals surface area (Å²) in [6, 6.07) is 5.59. The summed E-state index contributed by atoms with van der Waals surface area (Å²) in [5, 5.41) is 1.02. The molecule has 1 aliphatic rings. The van der Waals surface area contributed by atoms with Gasteiger partial charge in [-0.2, -0.15) is 0 Å². The fourth-order valence-electron chi connectivity index (χ4n) is 2.44. The van der Waals surface area contributed by atoms with E-state index in [-0.39, 0.29) is 5.78 Å². The van der Waals surface area contributed by atoms with Crippen molar-refractivity contribution in [2.75, 3.05) is 32.7 Å². The van der Waals surface area contributed by atoms with Crippen LogP contribution in [0.4, 0.5) is 0 Å². The first-order valence-electron chi connectivity index (χ1n) is 6.92. The van der Waals surface area contributed by atoms with Gasteiger partial charge in [-0.15, -0.1) is 0 Å². The highest BCUT2D eigenvalue weighted by Gasteiger charge is 2.21. The first-order chi connectivity index (χ1) is 9.47. The van der Waals surface area contributed by atoms with Crippen LogP contribution in [0.15, 0.2) is 18.2 Å². The average Bonchev–Trinajstić information content (AvgIpc) is 2.42. The van der Waals surface area contributed by atoms with E-state index in [0.29, 0.717) is 28.2 Å². The van der Waals surface area contributed by atoms with Gasteiger partial charge in [0.15, 0.2) is 5.78 Å². The van der Waals surface area contributed by atoms with Crippen molar-refractivity contribution >= 4 is 29.0 Å². The van der Waals surface area contributed by atoms with Crippen LogP contribution in [0.1, 0.15) is 24.2 Å². The molecular weight excluding hydrogens is 295 g/mol. The lowest BCUT2D eigenvalue weighted by Gasteiger charge is -2.36. The fraction of sp³-hybridized carbons (Fsp3) is 0.533. The Morgan fingerprint density at radius 3 is 2.45 bits per heavy atom. The van der Waals surface area contributed by atoms with Gasteiger partial charge in [-0.1, -0.05) is 23.2 Å². The molecule has 0 unspecified atom stereocenters. The number of hydrogen-bond donors (Lipinski definition) is 0. The molecule has 110 valence electrons. The van der Waals surface area contributed by atoms with E-state index < -0.39 is 0 Å². The van der Waals surface area contributed by atoms with E-state index in [1.54, 1.807) is 18.2 Å². The molecule has 0 radical (unpaired) electrons. The summed E-state index contributed by atoms with van der Waals surface area (Å²) in [4.78, 5) is 16.9. The lowest BCUT2D eigenvalue weighted by molar-refractivity contribution is 0.0807. The molecular formula is C15H20Cl2N2O. The van der Waals surface area contributed by atoms with E-state index in [4.69, 9.17) is 23.2 Å². The molecule has 1 fully saturated rings. The van der Waals surface area contributed by atoms with Crippen LogP contribution in [0.2, 0.25) is 10.0 Å². The summed E-state index contributed by atoms with van der Waals surface area (Å²) < 4.78 is 0. The van der Waals surface area contributed by atoms with E-state index in [1.807, 2.05) is 0 Å². The highest BCUT2D eigenvalue weighted by Crippen LogP contribution is 2.21. The van der Waals surface area contributed by atoms with Crippen molar-refractivity contribution in [1.82, 2.24) is 9.80 Å². The summed E-state index contributed by atoms with van der Waals surface area (Å²) in [5.74, 6) is 0.0375. The smallest absolute Gasteiger partial charge is 0.178 e. The largest absolute Gasteiger partial charge is 0.298 e. The second-order valence-corrected chi connectivity index (χ2v) is 6.30. The molecule has 3 nitrogen and oxygen atoms in total. The maximum Gasteiger partial charge on any atom is 0.178 e. The van der Waals surface area contributed by atoms with Gasteiger partial charge < -0.3 is 0 Å². The highest BCUT2D eigenvalue weighted by molar-refractivity contribution is 6.36. The zero-order valence-corrected chi connectivity index (χ0v) is 13.4. The van der Waals surface area contributed by atoms with Gasteiger partial charge in [-0.3, -0.25) is 14.6 Å². The normalized spacial score (nSPS) is 17.6. The number of Topliss-reactive ketones (excluding diaryl/α,β-unsaturated/α-hetero) is 1. The molecule has 0 spiro atoms. The number of nitrogens with zero attached hydrogens (tertiary/aromatic N) is 2. The monoisotopic (exact) mass is 314 g/mol. The number of carbonyl (C=O) groups is 1. The molecule has 0 saturated carbocycles. The van der Waals surface area contributed by atoms with Gasteiger partial charge >= 0.3 is 0 Å². The van der Waals surface area contributed by atoms with Gasteiger partial charge in [0, 0.05) is 42.8 Å². The Morgan fingerprint density at radius 1 is 1.20 bits per heavy atom. The summed E-state index contributed by atoms with van der Waals surface area (Å²) in [7, 11) is 0. The SMILES string of the molecule is CC(C)N1CCN(CC(=O)c2cc(Cl)ccc2Cl)CC1. The molecule has 0 aromatic heterocycles. The number of ketones is 1. The Hall–Kier alpha value is -0.610. The minimum atomic E-state index is 0.0375. The second-order valence-electron chi connectivity index (χ2n) is 5.45. The fourth-order valence-corrected chi connectivity index (χ4v) is 2.83. The summed E-state index contributed by atoms with van der Waals surface area (Å²) in [5.41, 5.74) is 0.519. The van der Waals surface area contributed by atoms with Crippen molar-refractivity contribution in [2.45, 2.75) is 19.9 Å². The number of rotatable bonds is 4. The highest BCUT2D eigenvalue weighted by atomic mass is 35.5. The Balaban J connectivity index is 1.94. The second kappa shape index (κ2) is 6.90. The molecule has 0 amide bonds. The maximum atomic E-state index is 12.3. The van der Waals surface area contributed by atoms with Crippen LogP contribution in [0.3, 0.4) is 0 Å². The Bertz CT molecular complexity index is 483. The minimum Gasteiger partial charge on any atom is -0.298 e. The van der Waals surface area contributed by atoms with Crippen molar-refractivity contribution < 1.29 is 4.79 Å². The quantitative estimate of drug-likeness (QED) is 0.797. The zero-order chi connectivity index (χ0) is 14.7. The molecule has 1 aromatic carbocycles. The molecule has 0 aliphatic carbocycles. The van der Waals surface area contributed by atoms with E-state index >= 15 is 0 Å². The van der Waals surface area contributed by atoms with Crippen LogP contribution < -0.4 is 0 Å². The van der Waals surface area contributed by atoms with Crippen LogP contribution in [0.5, 0.6) is 0 Å². The Morgan fingerprint density at radius 2 is 1.85 bits per heavy atom. The zero-order valence-electron chi connectivity index (χ0n) is 11.9. The van der Waals surface area contributed by atoms with Crippen molar-refractivity contribution in [3.63, 3.8) is 0 Å². The molecule has 1 heterocycles. The van der Waals surface area contributed by atoms with Gasteiger partial charge in [0.25, 0.3) is 0 Å². The van der Waals surface area contributed by atoms with Gasteiger partial charge in [0.2, 0.25) is 0 Å². The summed E-state index contributed by atoms with van der Waals surface area (Å²) in [6.45, 7) is 8.66. The number of halogens is 2. The summed E-state index contributed by atoms with van der Waals surface area (Å²) >= 11 is 12.0. The van der Waals surface area contributed by atoms with Crippen LogP contribution in [0.25, 0.3) is 0 Å². The topological polar surface area (TPSA) is 23.6 Å². The molecule has 20 heavy (non-hydrogen) atoms. The van der Waals surface area contributed by atoms with Crippen molar-refractivity contribution in [2.24, 2.45) is 0 Å². The van der Waals surface area contributed by atoms with Crippen LogP contribution in [-0.4, -0.2) is 54.3 Å². The molecule has 0 N–H and O–H groups in total. The van der Waals surface area contributed by atoms with Gasteiger partial charge in [-0.05, 0) is 32.0 Å². The van der Waals surface area contributed by atoms with Crippen LogP contribution in [0, 0.1) is 0 Å². The third-order valence-corrected chi connectivity index (χ3v) is 4.30. The third kappa shape index (κ3) is 3.95. The standard InChI is InChI=1S/C15H20Cl2N2O/c1-11(2)19-7-5-18(6-8-19)10-15(20)13-9-12(16)3-4-14(13)17/h3-4,9,11H,5-8,10H2,1-2H3. The van der Waals surface area contributed by atoms with E-state index in [0.717, 1.165) is 26.2 Å². The molecule has 0 bridgehead atoms. The third-order valence-electron chi connectivity index (χ3n) is 3.73. The molecule has 1 aliphatic heterocycles. The van der Waals surface area contributed by atoms with Gasteiger partial charge in [-0.25, -0.2) is 0 Å². The minimum absolute atomic E-state index is 0.0375. The van der Waals surface area contributed by atoms with E-state index in [9.17, 15) is 4.79 Å². The molecule has 0 atom stereocenters. The first kappa shape index (κ1) is 15.8. The summed E-state index contributed by atoms with van der Waals surface area (Å²) in [6.07, 6.45) is 0. The van der Waals surface area contributed by atoms with Crippen molar-refractivity contribution in [3.8, 4) is 0 Å². The van der Waals surface area contributed by atoms with Gasteiger partial charge in [0.05, 0.1) is 11.6 Å². The average molecular weight is 315 g/mol. The Labute approximate surface area is 130 Å². The number of hydrogen-bond acceptors (Lipinski definition) is 3. The maximum absolute atomic E-state index is 12.3. The molecule has 1 saturated heterocycles. The molecule has 1 aromatic rings.